The number of nitrogens with one attached hydrogen (secondary N) is 4. The summed E-state index contributed by atoms with van der Waals surface area (Å²) in [6, 6.07) is 35.2. The number of nitrogens with two attached hydrogens (primary N) is 1. The Kier molecular flexibility index (Phi) is 24.7. The number of H-pyrrole nitrogens is 1. The van der Waals surface area contributed by atoms with Crippen LogP contribution < -0.4 is 43.1 Å². The molecule has 0 bridgehead atoms. The van der Waals surface area contributed by atoms with Crippen LogP contribution in [0.3, 0.4) is 0 Å². The zero-order valence-corrected chi connectivity index (χ0v) is 59.1. The number of anilines is 1. The van der Waals surface area contributed by atoms with Gasteiger partial charge in [-0.2, -0.15) is 0 Å². The van der Waals surface area contributed by atoms with Crippen LogP contribution in [-0.4, -0.2) is 110 Å². The third-order valence-electron chi connectivity index (χ3n) is 16.9. The summed E-state index contributed by atoms with van der Waals surface area (Å²) in [5, 5.41) is 41.1. The molecule has 12 aromatic rings. The molecule has 0 amide bonds. The molecule has 102 heavy (non-hydrogen) atoms. The van der Waals surface area contributed by atoms with Gasteiger partial charge in [0.15, 0.2) is 28.8 Å². The molecule has 538 valence electrons. The van der Waals surface area contributed by atoms with Crippen molar-refractivity contribution >= 4 is 5.82 Å². The van der Waals surface area contributed by atoms with E-state index in [1.807, 2.05) is 160 Å². The fourth-order valence-corrected chi connectivity index (χ4v) is 11.5. The number of aryl methyl sites for hydroxylation is 2. The lowest BCUT2D eigenvalue weighted by molar-refractivity contribution is 0.152. The Hall–Kier alpha value is -11.2. The quantitative estimate of drug-likeness (QED) is 0.0279. The van der Waals surface area contributed by atoms with Gasteiger partial charge in [-0.1, -0.05) is 90.3 Å². The van der Waals surface area contributed by atoms with Crippen LogP contribution in [0.1, 0.15) is 120 Å². The largest absolute Gasteiger partial charge is 0.490 e. The summed E-state index contributed by atoms with van der Waals surface area (Å²) < 4.78 is 25.9. The van der Waals surface area contributed by atoms with Crippen molar-refractivity contribution in [2.45, 2.75) is 118 Å². The van der Waals surface area contributed by atoms with E-state index in [1.54, 1.807) is 53.8 Å². The Morgan fingerprint density at radius 2 is 1.01 bits per heavy atom. The van der Waals surface area contributed by atoms with Gasteiger partial charge in [0.1, 0.15) is 34.2 Å². The molecule has 9 aromatic heterocycles. The van der Waals surface area contributed by atoms with Crippen LogP contribution in [-0.2, 0) is 19.6 Å². The van der Waals surface area contributed by atoms with Gasteiger partial charge in [-0.25, -0.2) is 19.9 Å². The van der Waals surface area contributed by atoms with E-state index in [9.17, 15) is 24.6 Å². The lowest BCUT2D eigenvalue weighted by Gasteiger charge is -2.15. The second-order valence-electron chi connectivity index (χ2n) is 25.1. The molecular formula is C77H96N16O9. The monoisotopic (exact) mass is 1390 g/mol. The first-order valence-electron chi connectivity index (χ1n) is 33.9. The van der Waals surface area contributed by atoms with Gasteiger partial charge in [0, 0.05) is 121 Å². The standard InChI is InChI=1S/C27H31N5O3.C26H30N6O2.C24H25N5O4.5H2/c1-16(2)32-15-20(8-10-26(32)33)23-14-29-18(5)27(30-23)25-12-22(31-35-25)21-9-7-19(13-28-6)11-24(21)34-17(3)4;1-4-6-17(5-2)20-11-19(14-30-26(20)33)22-15-29-25(27)24(31-22)23-12-21(32-34-23)18-9-7-16(8-10-18)13-28-3;1-15-24(22-9-20(28-33-22)17-5-3-16(4-6-17)10-25-2)27-21(11-26-15)18-7-8-23(32)29(12-18)19(13-30)14-31;;;;;/h7-12,14-17,28H,13H2,1-6H3;7-12,14-15,17,28H,4-6,13H2,1-3H3,(H2,27,29)(H,30,33);3-9,11-12,19,25,30-31H,10,13-14H2,1-2H3;5*1H. The minimum Gasteiger partial charge on any atom is -0.490 e. The predicted molar refractivity (Wildman–Crippen MR) is 404 cm³/mol. The third-order valence-corrected chi connectivity index (χ3v) is 16.9. The number of hydrogen-bond acceptors (Lipinski definition) is 22. The van der Waals surface area contributed by atoms with Crippen molar-refractivity contribution in [3.63, 3.8) is 0 Å². The predicted octanol–water partition coefficient (Wildman–Crippen LogP) is 13.2. The van der Waals surface area contributed by atoms with Gasteiger partial charge in [-0.3, -0.25) is 24.4 Å². The molecule has 0 saturated heterocycles. The molecule has 0 radical (unpaired) electrons. The maximum absolute atomic E-state index is 12.5. The van der Waals surface area contributed by atoms with Crippen LogP contribution in [0.4, 0.5) is 5.82 Å². The number of aliphatic hydroxyl groups excluding tert-OH is 2. The first-order chi connectivity index (χ1) is 49.3. The number of nitrogen functional groups attached to an aromatic ring is 1. The Labute approximate surface area is 597 Å². The maximum atomic E-state index is 12.5. The molecule has 0 spiro atoms. The zero-order chi connectivity index (χ0) is 72.6. The van der Waals surface area contributed by atoms with Crippen LogP contribution in [0.15, 0.2) is 180 Å². The number of ether oxygens (including phenoxy) is 1. The van der Waals surface area contributed by atoms with E-state index in [1.165, 1.54) is 21.8 Å². The molecule has 12 rings (SSSR count). The molecule has 0 aliphatic rings. The maximum Gasteiger partial charge on any atom is 0.251 e. The van der Waals surface area contributed by atoms with E-state index in [0.29, 0.717) is 79.8 Å². The molecule has 3 aromatic carbocycles. The number of aliphatic hydroxyl groups is 2. The van der Waals surface area contributed by atoms with Crippen molar-refractivity contribution in [2.75, 3.05) is 40.1 Å². The van der Waals surface area contributed by atoms with Crippen molar-refractivity contribution in [1.82, 2.24) is 75.4 Å². The molecule has 8 N–H and O–H groups in total. The highest BCUT2D eigenvalue weighted by Crippen LogP contribution is 2.36. The average Bonchev–Trinajstić information content (AvgIpc) is 1.69. The average molecular weight is 1390 g/mol. The van der Waals surface area contributed by atoms with Gasteiger partial charge in [0.25, 0.3) is 16.7 Å². The second kappa shape index (κ2) is 34.2. The topological polar surface area (TPSA) is 344 Å². The van der Waals surface area contributed by atoms with Crippen molar-refractivity contribution in [1.29, 1.82) is 0 Å². The zero-order valence-electron chi connectivity index (χ0n) is 59.1. The van der Waals surface area contributed by atoms with Gasteiger partial charge in [-0.05, 0) is 128 Å². The number of hydrogen-bond donors (Lipinski definition) is 7. The van der Waals surface area contributed by atoms with Crippen molar-refractivity contribution in [2.24, 2.45) is 0 Å². The van der Waals surface area contributed by atoms with E-state index in [0.717, 1.165) is 89.3 Å². The third kappa shape index (κ3) is 17.7. The Morgan fingerprint density at radius 3 is 1.52 bits per heavy atom. The van der Waals surface area contributed by atoms with Crippen LogP contribution >= 0.6 is 0 Å². The summed E-state index contributed by atoms with van der Waals surface area (Å²) >= 11 is 0. The van der Waals surface area contributed by atoms with Gasteiger partial charge in [0.05, 0.1) is 72.4 Å². The minimum atomic E-state index is -0.730. The summed E-state index contributed by atoms with van der Waals surface area (Å²) in [5.74, 6) is 2.62. The van der Waals surface area contributed by atoms with Gasteiger partial charge in [0.2, 0.25) is 0 Å². The normalized spacial score (nSPS) is 11.6. The van der Waals surface area contributed by atoms with Gasteiger partial charge in [-0.15, -0.1) is 0 Å². The minimum absolute atomic E-state index is 0. The summed E-state index contributed by atoms with van der Waals surface area (Å²) in [6.45, 7) is 17.5. The van der Waals surface area contributed by atoms with E-state index >= 15 is 0 Å². The summed E-state index contributed by atoms with van der Waals surface area (Å²) in [4.78, 5) is 67.2. The lowest BCUT2D eigenvalue weighted by Crippen LogP contribution is -2.28. The smallest absolute Gasteiger partial charge is 0.251 e. The Balaban J connectivity index is 0.000000281. The molecule has 0 aliphatic carbocycles. The number of rotatable bonds is 25. The van der Waals surface area contributed by atoms with Crippen LogP contribution in [0.2, 0.25) is 0 Å². The van der Waals surface area contributed by atoms with Crippen molar-refractivity contribution < 1.29 is 35.7 Å². The number of benzene rings is 3. The van der Waals surface area contributed by atoms with E-state index in [2.05, 4.69) is 65.2 Å². The molecule has 9 heterocycles. The van der Waals surface area contributed by atoms with Crippen LogP contribution in [0.25, 0.3) is 102 Å². The molecular weight excluding hydrogens is 1290 g/mol. The van der Waals surface area contributed by atoms with E-state index < -0.39 is 6.04 Å². The SMILES string of the molecule is CCCC(CC)c1cc(-c2cnc(N)c(-c3cc(-c4ccc(CNC)cc4)no3)n2)c[nH]c1=O.CNCc1ccc(-c2cc(-c3nc(-c4ccc(=O)n(C(C)C)c4)cnc3C)on2)c(OC(C)C)c1.CNCc1ccc(-c2cc(-c3nc(-c4ccc(=O)n(C(CO)CO)c4)cnc3C)on2)cc1.[HH].[HH].[HH].[HH].[HH]. The first-order valence-corrected chi connectivity index (χ1v) is 33.9. The molecule has 1 unspecified atom stereocenters. The van der Waals surface area contributed by atoms with E-state index in [4.69, 9.17) is 39.0 Å². The molecule has 0 saturated carbocycles. The highest BCUT2D eigenvalue weighted by molar-refractivity contribution is 5.75. The van der Waals surface area contributed by atoms with Crippen molar-refractivity contribution in [3.8, 4) is 108 Å². The number of pyridine rings is 3. The fourth-order valence-electron chi connectivity index (χ4n) is 11.5. The molecule has 25 heteroatoms. The summed E-state index contributed by atoms with van der Waals surface area (Å²) in [5.41, 5.74) is 21.6. The Morgan fingerprint density at radius 1 is 0.549 bits per heavy atom. The molecule has 0 aliphatic heterocycles. The lowest BCUT2D eigenvalue weighted by atomic mass is 9.92. The Bertz CT molecular complexity index is 5000. The highest BCUT2D eigenvalue weighted by Gasteiger charge is 2.23. The summed E-state index contributed by atoms with van der Waals surface area (Å²) in [6.07, 6.45) is 12.8. The number of aromatic amines is 1. The fraction of sp³-hybridized carbons (Fsp3) is 0.299. The molecule has 0 fully saturated rings. The molecule has 1 atom stereocenters. The van der Waals surface area contributed by atoms with Crippen LogP contribution in [0.5, 0.6) is 5.75 Å². The van der Waals surface area contributed by atoms with Crippen molar-refractivity contribution in [3.05, 3.63) is 217 Å². The summed E-state index contributed by atoms with van der Waals surface area (Å²) in [7, 11) is 5.73. The number of aromatic nitrogens is 12. The van der Waals surface area contributed by atoms with Crippen LogP contribution in [0, 0.1) is 13.8 Å². The van der Waals surface area contributed by atoms with E-state index in [-0.39, 0.29) is 60.9 Å². The number of nitrogens with zero attached hydrogens (tertiary/aromatic N) is 11. The first kappa shape index (κ1) is 73.5. The van der Waals surface area contributed by atoms with Gasteiger partial charge < -0.3 is 64.3 Å². The highest BCUT2D eigenvalue weighted by atomic mass is 16.5. The van der Waals surface area contributed by atoms with Gasteiger partial charge >= 0.3 is 0 Å². The second-order valence-corrected chi connectivity index (χ2v) is 25.1. The molecule has 25 nitrogen and oxygen atoms in total.